The second kappa shape index (κ2) is 13.1. The number of fused-ring (bicyclic) bond motifs is 9. The van der Waals surface area contributed by atoms with Crippen LogP contribution in [0.25, 0.3) is 97.7 Å². The van der Waals surface area contributed by atoms with Crippen molar-refractivity contribution in [3.05, 3.63) is 194 Å². The normalized spacial score (nSPS) is 11.8. The molecule has 12 rings (SSSR count). The molecule has 0 amide bonds. The van der Waals surface area contributed by atoms with E-state index in [0.717, 1.165) is 92.9 Å². The summed E-state index contributed by atoms with van der Waals surface area (Å²) in [4.78, 5) is 7.49. The van der Waals surface area contributed by atoms with Gasteiger partial charge in [-0.1, -0.05) is 127 Å². The van der Waals surface area contributed by atoms with Crippen molar-refractivity contribution in [3.63, 3.8) is 0 Å². The molecule has 5 heteroatoms. The van der Waals surface area contributed by atoms with E-state index in [-0.39, 0.29) is 0 Å². The Labute approximate surface area is 337 Å². The second-order valence-corrected chi connectivity index (χ2v) is 15.7. The molecule has 0 aliphatic carbocycles. The minimum atomic E-state index is 0.850. The summed E-state index contributed by atoms with van der Waals surface area (Å²) < 4.78 is 13.9. The van der Waals surface area contributed by atoms with E-state index in [1.165, 1.54) is 21.9 Å². The number of rotatable bonds is 6. The van der Waals surface area contributed by atoms with Crippen molar-refractivity contribution in [1.82, 2.24) is 4.98 Å². The fraction of sp³-hybridized carbons (Fsp3) is 0. The van der Waals surface area contributed by atoms with E-state index < -0.39 is 0 Å². The van der Waals surface area contributed by atoms with Crippen LogP contribution in [0.1, 0.15) is 0 Å². The van der Waals surface area contributed by atoms with Crippen molar-refractivity contribution >= 4 is 93.3 Å². The lowest BCUT2D eigenvalue weighted by atomic mass is 9.98. The molecule has 3 aromatic heterocycles. The molecule has 272 valence electrons. The van der Waals surface area contributed by atoms with Gasteiger partial charge >= 0.3 is 0 Å². The van der Waals surface area contributed by atoms with Crippen LogP contribution in [0.15, 0.2) is 203 Å². The predicted molar refractivity (Wildman–Crippen MR) is 243 cm³/mol. The van der Waals surface area contributed by atoms with E-state index in [2.05, 4.69) is 181 Å². The van der Waals surface area contributed by atoms with E-state index in [4.69, 9.17) is 13.8 Å². The van der Waals surface area contributed by atoms with Crippen LogP contribution in [0, 0.1) is 0 Å². The van der Waals surface area contributed by atoms with Crippen LogP contribution in [0.5, 0.6) is 0 Å². The summed E-state index contributed by atoms with van der Waals surface area (Å²) in [5.41, 5.74) is 13.3. The van der Waals surface area contributed by atoms with Crippen molar-refractivity contribution in [1.29, 1.82) is 0 Å². The quantitative estimate of drug-likeness (QED) is 0.169. The summed E-state index contributed by atoms with van der Waals surface area (Å²) in [5.74, 6) is 0. The van der Waals surface area contributed by atoms with Crippen LogP contribution < -0.4 is 4.90 Å². The first-order valence-electron chi connectivity index (χ1n) is 19.4. The first kappa shape index (κ1) is 32.7. The minimum Gasteiger partial charge on any atom is -0.456 e. The van der Waals surface area contributed by atoms with Crippen LogP contribution in [-0.4, -0.2) is 4.98 Å². The lowest BCUT2D eigenvalue weighted by Gasteiger charge is -2.26. The highest BCUT2D eigenvalue weighted by molar-refractivity contribution is 7.21. The second-order valence-electron chi connectivity index (χ2n) is 14.7. The monoisotopic (exact) mass is 760 g/mol. The molecule has 4 nitrogen and oxygen atoms in total. The third kappa shape index (κ3) is 5.25. The molecule has 0 aliphatic rings. The van der Waals surface area contributed by atoms with Crippen LogP contribution in [-0.2, 0) is 0 Å². The maximum Gasteiger partial charge on any atom is 0.137 e. The zero-order valence-electron chi connectivity index (χ0n) is 31.1. The molecule has 12 aromatic rings. The van der Waals surface area contributed by atoms with Gasteiger partial charge in [0.15, 0.2) is 0 Å². The summed E-state index contributed by atoms with van der Waals surface area (Å²) >= 11 is 1.72. The molecule has 0 fully saturated rings. The van der Waals surface area contributed by atoms with E-state index in [9.17, 15) is 0 Å². The molecule has 0 N–H and O–H groups in total. The minimum absolute atomic E-state index is 0.850. The zero-order valence-corrected chi connectivity index (χ0v) is 31.9. The molecule has 0 radical (unpaired) electrons. The average Bonchev–Trinajstić information content (AvgIpc) is 4.01. The number of aromatic nitrogens is 1. The molecule has 58 heavy (non-hydrogen) atoms. The Balaban J connectivity index is 0.976. The van der Waals surface area contributed by atoms with Gasteiger partial charge in [0.05, 0.1) is 26.7 Å². The average molecular weight is 761 g/mol. The highest BCUT2D eigenvalue weighted by atomic mass is 32.1. The highest BCUT2D eigenvalue weighted by Crippen LogP contribution is 2.45. The summed E-state index contributed by atoms with van der Waals surface area (Å²) in [6.07, 6.45) is 0. The molecule has 0 bridgehead atoms. The van der Waals surface area contributed by atoms with E-state index in [1.54, 1.807) is 11.3 Å². The number of hydrogen-bond donors (Lipinski definition) is 0. The van der Waals surface area contributed by atoms with E-state index in [0.29, 0.717) is 0 Å². The van der Waals surface area contributed by atoms with Gasteiger partial charge in [-0.2, -0.15) is 0 Å². The van der Waals surface area contributed by atoms with Gasteiger partial charge in [0.25, 0.3) is 0 Å². The number of nitrogens with zero attached hydrogens (tertiary/aromatic N) is 2. The third-order valence-electron chi connectivity index (χ3n) is 11.3. The Morgan fingerprint density at radius 1 is 0.414 bits per heavy atom. The van der Waals surface area contributed by atoms with Crippen LogP contribution in [0.2, 0.25) is 0 Å². The fourth-order valence-corrected chi connectivity index (χ4v) is 9.56. The predicted octanol–water partition coefficient (Wildman–Crippen LogP) is 15.7. The Hall–Kier alpha value is -7.47. The van der Waals surface area contributed by atoms with Gasteiger partial charge < -0.3 is 13.7 Å². The van der Waals surface area contributed by atoms with E-state index >= 15 is 0 Å². The molecule has 0 unspecified atom stereocenters. The topological polar surface area (TPSA) is 42.4 Å². The van der Waals surface area contributed by atoms with E-state index in [1.807, 2.05) is 18.2 Å². The molecular formula is C53H32N2O2S. The number of thiazole rings is 1. The summed E-state index contributed by atoms with van der Waals surface area (Å²) in [6, 6.07) is 68.6. The molecule has 0 aliphatic heterocycles. The maximum atomic E-state index is 6.38. The van der Waals surface area contributed by atoms with Crippen LogP contribution >= 0.6 is 11.3 Å². The number of furan rings is 2. The Kier molecular flexibility index (Phi) is 7.37. The molecule has 0 atom stereocenters. The molecule has 9 aromatic carbocycles. The first-order chi connectivity index (χ1) is 28.7. The SMILES string of the molecule is c1ccc(-c2nc3c(ccc4oc5ccc(-c6ccc(N(c7ccc(-c8cccc9ccccc89)cc7)c7cccc8oc9ccccc9c78)cc6)cc5c43)s2)cc1. The summed E-state index contributed by atoms with van der Waals surface area (Å²) in [7, 11) is 0. The standard InChI is InChI=1S/C53H32N2O2S/c1-2-11-36(12-3-1)53-54-52-49(58-53)31-30-48-51(52)43-32-37(24-29-46(43)57-48)33-20-25-38(26-21-33)55(44-17-9-19-47-50(44)42-15-6-7-18-45(42)56-47)39-27-22-35(23-28-39)41-16-8-13-34-10-4-5-14-40(34)41/h1-32H. The van der Waals surface area contributed by atoms with Crippen LogP contribution in [0.3, 0.4) is 0 Å². The number of anilines is 3. The Bertz CT molecular complexity index is 3500. The van der Waals surface area contributed by atoms with Crippen molar-refractivity contribution in [3.8, 4) is 32.8 Å². The molecule has 3 heterocycles. The van der Waals surface area contributed by atoms with Crippen molar-refractivity contribution < 1.29 is 8.83 Å². The van der Waals surface area contributed by atoms with Gasteiger partial charge in [0.1, 0.15) is 27.3 Å². The Morgan fingerprint density at radius 3 is 1.86 bits per heavy atom. The smallest absolute Gasteiger partial charge is 0.137 e. The van der Waals surface area contributed by atoms with Crippen molar-refractivity contribution in [2.24, 2.45) is 0 Å². The van der Waals surface area contributed by atoms with Gasteiger partial charge in [-0.25, -0.2) is 4.98 Å². The van der Waals surface area contributed by atoms with Gasteiger partial charge in [-0.15, -0.1) is 11.3 Å². The van der Waals surface area contributed by atoms with Crippen molar-refractivity contribution in [2.45, 2.75) is 0 Å². The number of para-hydroxylation sites is 1. The van der Waals surface area contributed by atoms with Gasteiger partial charge in [-0.05, 0) is 99.8 Å². The third-order valence-corrected chi connectivity index (χ3v) is 12.4. The largest absolute Gasteiger partial charge is 0.456 e. The number of benzene rings is 9. The molecular weight excluding hydrogens is 729 g/mol. The summed E-state index contributed by atoms with van der Waals surface area (Å²) in [6.45, 7) is 0. The fourth-order valence-electron chi connectivity index (χ4n) is 8.58. The van der Waals surface area contributed by atoms with Gasteiger partial charge in [-0.3, -0.25) is 0 Å². The van der Waals surface area contributed by atoms with Gasteiger partial charge in [0.2, 0.25) is 0 Å². The lowest BCUT2D eigenvalue weighted by Crippen LogP contribution is -2.10. The Morgan fingerprint density at radius 2 is 1.03 bits per heavy atom. The lowest BCUT2D eigenvalue weighted by molar-refractivity contribution is 0.668. The summed E-state index contributed by atoms with van der Waals surface area (Å²) in [5, 5.41) is 7.79. The molecule has 0 saturated heterocycles. The molecule has 0 saturated carbocycles. The van der Waals surface area contributed by atoms with Crippen LogP contribution in [0.4, 0.5) is 17.1 Å². The molecule has 0 spiro atoms. The highest BCUT2D eigenvalue weighted by Gasteiger charge is 2.21. The maximum absolute atomic E-state index is 6.38. The van der Waals surface area contributed by atoms with Gasteiger partial charge in [0, 0.05) is 27.7 Å². The number of hydrogen-bond acceptors (Lipinski definition) is 5. The first-order valence-corrected chi connectivity index (χ1v) is 20.3. The zero-order chi connectivity index (χ0) is 38.2. The van der Waals surface area contributed by atoms with Crippen molar-refractivity contribution in [2.75, 3.05) is 4.90 Å².